The summed E-state index contributed by atoms with van der Waals surface area (Å²) in [6, 6.07) is 9.73. The Morgan fingerprint density at radius 1 is 1.30 bits per heavy atom. The number of thiophene rings is 2. The molecule has 1 atom stereocenters. The lowest BCUT2D eigenvalue weighted by Gasteiger charge is -2.10. The van der Waals surface area contributed by atoms with E-state index in [2.05, 4.69) is 15.5 Å². The molecule has 3 aromatic rings. The van der Waals surface area contributed by atoms with Crippen molar-refractivity contribution in [3.63, 3.8) is 0 Å². The predicted octanol–water partition coefficient (Wildman–Crippen LogP) is 3.69. The Balaban J connectivity index is 1.72. The van der Waals surface area contributed by atoms with Crippen LogP contribution in [0.1, 0.15) is 28.3 Å². The van der Waals surface area contributed by atoms with Gasteiger partial charge in [0.1, 0.15) is 0 Å². The molecule has 3 aromatic heterocycles. The summed E-state index contributed by atoms with van der Waals surface area (Å²) in [4.78, 5) is 14.4. The molecule has 0 aliphatic rings. The van der Waals surface area contributed by atoms with Crippen molar-refractivity contribution in [2.24, 2.45) is 0 Å². The Morgan fingerprint density at radius 3 is 2.80 bits per heavy atom. The van der Waals surface area contributed by atoms with E-state index in [0.29, 0.717) is 5.69 Å². The molecule has 0 radical (unpaired) electrons. The quantitative estimate of drug-likeness (QED) is 0.772. The van der Waals surface area contributed by atoms with Crippen LogP contribution in [-0.2, 0) is 0 Å². The van der Waals surface area contributed by atoms with E-state index in [4.69, 9.17) is 0 Å². The number of amides is 1. The summed E-state index contributed by atoms with van der Waals surface area (Å²) in [5.74, 6) is -0.162. The maximum Gasteiger partial charge on any atom is 0.272 e. The van der Waals surface area contributed by atoms with Crippen LogP contribution in [0, 0.1) is 0 Å². The van der Waals surface area contributed by atoms with E-state index in [1.54, 1.807) is 28.7 Å². The lowest BCUT2D eigenvalue weighted by atomic mass is 10.2. The summed E-state index contributed by atoms with van der Waals surface area (Å²) in [6.07, 6.45) is 0. The van der Waals surface area contributed by atoms with Gasteiger partial charge in [-0.15, -0.1) is 22.7 Å². The van der Waals surface area contributed by atoms with Gasteiger partial charge in [-0.3, -0.25) is 9.89 Å². The molecule has 102 valence electrons. The van der Waals surface area contributed by atoms with Gasteiger partial charge in [-0.1, -0.05) is 12.1 Å². The highest BCUT2D eigenvalue weighted by Gasteiger charge is 2.15. The van der Waals surface area contributed by atoms with Crippen LogP contribution < -0.4 is 5.32 Å². The van der Waals surface area contributed by atoms with Crippen molar-refractivity contribution in [3.05, 3.63) is 51.7 Å². The van der Waals surface area contributed by atoms with Gasteiger partial charge in [-0.05, 0) is 35.9 Å². The van der Waals surface area contributed by atoms with E-state index in [1.807, 2.05) is 41.9 Å². The van der Waals surface area contributed by atoms with Crippen LogP contribution in [-0.4, -0.2) is 16.1 Å². The molecule has 20 heavy (non-hydrogen) atoms. The van der Waals surface area contributed by atoms with Crippen LogP contribution >= 0.6 is 22.7 Å². The van der Waals surface area contributed by atoms with Gasteiger partial charge in [-0.2, -0.15) is 5.10 Å². The van der Waals surface area contributed by atoms with Crippen molar-refractivity contribution in [2.75, 3.05) is 0 Å². The molecule has 0 fully saturated rings. The van der Waals surface area contributed by atoms with E-state index in [0.717, 1.165) is 15.4 Å². The third-order valence-corrected chi connectivity index (χ3v) is 4.87. The second-order valence-corrected chi connectivity index (χ2v) is 6.28. The highest BCUT2D eigenvalue weighted by molar-refractivity contribution is 7.13. The summed E-state index contributed by atoms with van der Waals surface area (Å²) < 4.78 is 0. The van der Waals surface area contributed by atoms with Gasteiger partial charge in [0.05, 0.1) is 16.6 Å². The van der Waals surface area contributed by atoms with Crippen molar-refractivity contribution < 1.29 is 4.79 Å². The van der Waals surface area contributed by atoms with Crippen LogP contribution in [0.15, 0.2) is 41.1 Å². The minimum absolute atomic E-state index is 0.00983. The molecule has 4 nitrogen and oxygen atoms in total. The number of carbonyl (C=O) groups is 1. The third-order valence-electron chi connectivity index (χ3n) is 2.91. The normalized spacial score (nSPS) is 12.2. The number of aromatic amines is 1. The fourth-order valence-corrected chi connectivity index (χ4v) is 3.30. The maximum atomic E-state index is 12.1. The van der Waals surface area contributed by atoms with Crippen molar-refractivity contribution in [1.82, 2.24) is 15.5 Å². The second kappa shape index (κ2) is 5.60. The zero-order valence-corrected chi connectivity index (χ0v) is 12.4. The van der Waals surface area contributed by atoms with Gasteiger partial charge in [0.25, 0.3) is 5.91 Å². The van der Waals surface area contributed by atoms with Crippen LogP contribution in [0.2, 0.25) is 0 Å². The molecule has 3 heterocycles. The first-order chi connectivity index (χ1) is 9.74. The zero-order valence-electron chi connectivity index (χ0n) is 10.8. The summed E-state index contributed by atoms with van der Waals surface area (Å²) >= 11 is 3.24. The molecular weight excluding hydrogens is 290 g/mol. The van der Waals surface area contributed by atoms with Crippen molar-refractivity contribution in [3.8, 4) is 10.6 Å². The molecule has 0 spiro atoms. The molecule has 0 bridgehead atoms. The fraction of sp³-hybridized carbons (Fsp3) is 0.143. The largest absolute Gasteiger partial charge is 0.343 e. The molecule has 0 aliphatic carbocycles. The molecule has 3 rings (SSSR count). The van der Waals surface area contributed by atoms with Crippen LogP contribution in [0.3, 0.4) is 0 Å². The van der Waals surface area contributed by atoms with E-state index in [9.17, 15) is 4.79 Å². The molecular formula is C14H13N3OS2. The van der Waals surface area contributed by atoms with Crippen LogP contribution in [0.4, 0.5) is 0 Å². The first kappa shape index (κ1) is 13.1. The lowest BCUT2D eigenvalue weighted by molar-refractivity contribution is 0.0935. The third kappa shape index (κ3) is 2.66. The van der Waals surface area contributed by atoms with E-state index in [1.165, 1.54) is 0 Å². The smallest absolute Gasteiger partial charge is 0.272 e. The fourth-order valence-electron chi connectivity index (χ4n) is 1.88. The van der Waals surface area contributed by atoms with Gasteiger partial charge in [0, 0.05) is 4.88 Å². The Labute approximate surface area is 124 Å². The maximum absolute atomic E-state index is 12.1. The monoisotopic (exact) mass is 303 g/mol. The minimum Gasteiger partial charge on any atom is -0.343 e. The van der Waals surface area contributed by atoms with Gasteiger partial charge < -0.3 is 5.32 Å². The average Bonchev–Trinajstić information content (AvgIpc) is 3.19. The number of carbonyl (C=O) groups excluding carboxylic acids is 1. The number of hydrogen-bond acceptors (Lipinski definition) is 4. The van der Waals surface area contributed by atoms with Gasteiger partial charge >= 0.3 is 0 Å². The SMILES string of the molecule is CC(NC(=O)c1cc(-c2cccs2)[nH]n1)c1cccs1. The van der Waals surface area contributed by atoms with Crippen LogP contribution in [0.25, 0.3) is 10.6 Å². The van der Waals surface area contributed by atoms with Gasteiger partial charge in [-0.25, -0.2) is 0 Å². The van der Waals surface area contributed by atoms with Crippen molar-refractivity contribution >= 4 is 28.6 Å². The number of hydrogen-bond donors (Lipinski definition) is 2. The summed E-state index contributed by atoms with van der Waals surface area (Å²) in [7, 11) is 0. The van der Waals surface area contributed by atoms with Crippen molar-refractivity contribution in [2.45, 2.75) is 13.0 Å². The second-order valence-electron chi connectivity index (χ2n) is 4.35. The number of nitrogens with zero attached hydrogens (tertiary/aromatic N) is 1. The standard InChI is InChI=1S/C14H13N3OS2/c1-9(12-4-2-6-19-12)15-14(18)11-8-10(16-17-11)13-5-3-7-20-13/h2-9H,1H3,(H,15,18)(H,16,17). The number of nitrogens with one attached hydrogen (secondary N) is 2. The first-order valence-electron chi connectivity index (χ1n) is 6.17. The summed E-state index contributed by atoms with van der Waals surface area (Å²) in [6.45, 7) is 1.97. The van der Waals surface area contributed by atoms with Crippen molar-refractivity contribution in [1.29, 1.82) is 0 Å². The molecule has 2 N–H and O–H groups in total. The molecule has 0 saturated heterocycles. The van der Waals surface area contributed by atoms with Gasteiger partial charge in [0.2, 0.25) is 0 Å². The molecule has 0 aromatic carbocycles. The Bertz CT molecular complexity index is 686. The Hall–Kier alpha value is -1.92. The van der Waals surface area contributed by atoms with Crippen LogP contribution in [0.5, 0.6) is 0 Å². The number of rotatable bonds is 4. The highest BCUT2D eigenvalue weighted by atomic mass is 32.1. The first-order valence-corrected chi connectivity index (χ1v) is 7.93. The molecule has 6 heteroatoms. The number of aromatic nitrogens is 2. The molecule has 0 saturated carbocycles. The van der Waals surface area contributed by atoms with E-state index in [-0.39, 0.29) is 11.9 Å². The van der Waals surface area contributed by atoms with E-state index >= 15 is 0 Å². The summed E-state index contributed by atoms with van der Waals surface area (Å²) in [5, 5.41) is 13.9. The Kier molecular flexibility index (Phi) is 3.66. The molecule has 1 unspecified atom stereocenters. The predicted molar refractivity (Wildman–Crippen MR) is 82.1 cm³/mol. The average molecular weight is 303 g/mol. The molecule has 1 amide bonds. The van der Waals surface area contributed by atoms with E-state index < -0.39 is 0 Å². The number of H-pyrrole nitrogens is 1. The minimum atomic E-state index is -0.162. The lowest BCUT2D eigenvalue weighted by Crippen LogP contribution is -2.26. The van der Waals surface area contributed by atoms with Gasteiger partial charge in [0.15, 0.2) is 5.69 Å². The zero-order chi connectivity index (χ0) is 13.9. The Morgan fingerprint density at radius 2 is 2.10 bits per heavy atom. The molecule has 0 aliphatic heterocycles. The highest BCUT2D eigenvalue weighted by Crippen LogP contribution is 2.23. The summed E-state index contributed by atoms with van der Waals surface area (Å²) in [5.41, 5.74) is 1.28. The topological polar surface area (TPSA) is 57.8 Å².